The minimum absolute atomic E-state index is 0.0125. The summed E-state index contributed by atoms with van der Waals surface area (Å²) in [6, 6.07) is 14.3. The predicted molar refractivity (Wildman–Crippen MR) is 82.5 cm³/mol. The van der Waals surface area contributed by atoms with Crippen molar-refractivity contribution in [3.63, 3.8) is 0 Å². The average Bonchev–Trinajstić information content (AvgIpc) is 2.49. The molecule has 2 rings (SSSR count). The molecule has 0 fully saturated rings. The summed E-state index contributed by atoms with van der Waals surface area (Å²) in [5.41, 5.74) is 3.13. The van der Waals surface area contributed by atoms with Crippen molar-refractivity contribution in [1.82, 2.24) is 4.90 Å². The van der Waals surface area contributed by atoms with Crippen molar-refractivity contribution in [2.45, 2.75) is 26.3 Å². The third-order valence-electron chi connectivity index (χ3n) is 3.80. The van der Waals surface area contributed by atoms with Crippen LogP contribution in [0, 0.1) is 12.7 Å². The number of aryl methyl sites for hydroxylation is 1. The molecule has 1 amide bonds. The highest BCUT2D eigenvalue weighted by atomic mass is 19.1. The lowest BCUT2D eigenvalue weighted by molar-refractivity contribution is -0.131. The summed E-state index contributed by atoms with van der Waals surface area (Å²) in [6.45, 7) is 4.05. The fraction of sp³-hybridized carbons (Fsp3) is 0.278. The molecule has 0 heterocycles. The van der Waals surface area contributed by atoms with E-state index in [4.69, 9.17) is 0 Å². The van der Waals surface area contributed by atoms with E-state index in [-0.39, 0.29) is 24.2 Å². The van der Waals surface area contributed by atoms with Crippen LogP contribution in [0.15, 0.2) is 48.5 Å². The van der Waals surface area contributed by atoms with Gasteiger partial charge in [0.2, 0.25) is 5.91 Å². The first-order valence-electron chi connectivity index (χ1n) is 7.04. The van der Waals surface area contributed by atoms with Crippen LogP contribution in [0.4, 0.5) is 4.39 Å². The molecule has 21 heavy (non-hydrogen) atoms. The van der Waals surface area contributed by atoms with Crippen molar-refractivity contribution in [3.05, 3.63) is 71.0 Å². The maximum Gasteiger partial charge on any atom is 0.227 e. The number of hydrogen-bond donors (Lipinski definition) is 0. The van der Waals surface area contributed by atoms with Gasteiger partial charge in [-0.2, -0.15) is 0 Å². The number of amides is 1. The second-order valence-electron chi connectivity index (χ2n) is 5.39. The van der Waals surface area contributed by atoms with Crippen molar-refractivity contribution < 1.29 is 9.18 Å². The van der Waals surface area contributed by atoms with Crippen LogP contribution in [0.1, 0.15) is 29.7 Å². The highest BCUT2D eigenvalue weighted by Gasteiger charge is 2.17. The Bertz CT molecular complexity index is 604. The van der Waals surface area contributed by atoms with E-state index in [0.29, 0.717) is 0 Å². The fourth-order valence-electron chi connectivity index (χ4n) is 2.19. The van der Waals surface area contributed by atoms with Gasteiger partial charge in [-0.1, -0.05) is 42.0 Å². The molecule has 110 valence electrons. The van der Waals surface area contributed by atoms with E-state index in [9.17, 15) is 9.18 Å². The lowest BCUT2D eigenvalue weighted by atomic mass is 10.0. The van der Waals surface area contributed by atoms with Gasteiger partial charge in [0.15, 0.2) is 0 Å². The predicted octanol–water partition coefficient (Wildman–Crippen LogP) is 3.90. The number of rotatable bonds is 4. The third-order valence-corrected chi connectivity index (χ3v) is 3.80. The molecule has 0 saturated carbocycles. The fourth-order valence-corrected chi connectivity index (χ4v) is 2.19. The molecule has 0 aliphatic carbocycles. The zero-order valence-electron chi connectivity index (χ0n) is 12.6. The van der Waals surface area contributed by atoms with Gasteiger partial charge in [-0.25, -0.2) is 4.39 Å². The number of nitrogens with zero attached hydrogens (tertiary/aromatic N) is 1. The number of hydrogen-bond acceptors (Lipinski definition) is 1. The normalized spacial score (nSPS) is 12.0. The van der Waals surface area contributed by atoms with Gasteiger partial charge in [0, 0.05) is 7.05 Å². The summed E-state index contributed by atoms with van der Waals surface area (Å²) >= 11 is 0. The van der Waals surface area contributed by atoms with Crippen LogP contribution in [-0.4, -0.2) is 17.9 Å². The molecule has 2 aromatic rings. The van der Waals surface area contributed by atoms with Crippen LogP contribution in [0.25, 0.3) is 0 Å². The first kappa shape index (κ1) is 15.2. The van der Waals surface area contributed by atoms with Gasteiger partial charge in [-0.15, -0.1) is 0 Å². The zero-order chi connectivity index (χ0) is 15.4. The lowest BCUT2D eigenvalue weighted by Gasteiger charge is -2.25. The Balaban J connectivity index is 2.04. The molecule has 0 spiro atoms. The molecular formula is C18H20FNO. The minimum Gasteiger partial charge on any atom is -0.339 e. The highest BCUT2D eigenvalue weighted by Crippen LogP contribution is 2.20. The Labute approximate surface area is 125 Å². The quantitative estimate of drug-likeness (QED) is 0.834. The molecule has 0 aliphatic heterocycles. The molecule has 0 radical (unpaired) electrons. The maximum absolute atomic E-state index is 12.9. The van der Waals surface area contributed by atoms with E-state index in [1.165, 1.54) is 17.7 Å². The lowest BCUT2D eigenvalue weighted by Crippen LogP contribution is -2.30. The van der Waals surface area contributed by atoms with Crippen LogP contribution in [-0.2, 0) is 11.2 Å². The van der Waals surface area contributed by atoms with Crippen LogP contribution in [0.3, 0.4) is 0 Å². The smallest absolute Gasteiger partial charge is 0.227 e. The largest absolute Gasteiger partial charge is 0.339 e. The van der Waals surface area contributed by atoms with E-state index in [1.54, 1.807) is 24.1 Å². The SMILES string of the molecule is Cc1ccc(C(C)N(C)C(=O)Cc2ccc(F)cc2)cc1. The van der Waals surface area contributed by atoms with Crippen LogP contribution < -0.4 is 0 Å². The third kappa shape index (κ3) is 3.91. The second kappa shape index (κ2) is 6.53. The molecule has 2 nitrogen and oxygen atoms in total. The molecule has 3 heteroatoms. The Morgan fingerprint density at radius 1 is 1.10 bits per heavy atom. The van der Waals surface area contributed by atoms with E-state index in [2.05, 4.69) is 0 Å². The van der Waals surface area contributed by atoms with Crippen LogP contribution in [0.2, 0.25) is 0 Å². The molecule has 1 unspecified atom stereocenters. The van der Waals surface area contributed by atoms with Gasteiger partial charge < -0.3 is 4.90 Å². The summed E-state index contributed by atoms with van der Waals surface area (Å²) in [7, 11) is 1.80. The van der Waals surface area contributed by atoms with E-state index < -0.39 is 0 Å². The number of carbonyl (C=O) groups excluding carboxylic acids is 1. The molecule has 0 aliphatic rings. The van der Waals surface area contributed by atoms with Crippen molar-refractivity contribution >= 4 is 5.91 Å². The highest BCUT2D eigenvalue weighted by molar-refractivity contribution is 5.79. The van der Waals surface area contributed by atoms with Crippen molar-refractivity contribution in [3.8, 4) is 0 Å². The van der Waals surface area contributed by atoms with Gasteiger partial charge >= 0.3 is 0 Å². The first-order chi connectivity index (χ1) is 9.97. The Kier molecular flexibility index (Phi) is 4.73. The topological polar surface area (TPSA) is 20.3 Å². The van der Waals surface area contributed by atoms with Crippen molar-refractivity contribution in [2.24, 2.45) is 0 Å². The average molecular weight is 285 g/mol. The van der Waals surface area contributed by atoms with E-state index >= 15 is 0 Å². The number of halogens is 1. The first-order valence-corrected chi connectivity index (χ1v) is 7.04. The summed E-state index contributed by atoms with van der Waals surface area (Å²) in [5.74, 6) is -0.262. The summed E-state index contributed by atoms with van der Waals surface area (Å²) in [4.78, 5) is 14.0. The summed E-state index contributed by atoms with van der Waals surface area (Å²) < 4.78 is 12.9. The zero-order valence-corrected chi connectivity index (χ0v) is 12.6. The molecule has 0 aromatic heterocycles. The number of likely N-dealkylation sites (N-methyl/N-ethyl adjacent to an activating group) is 1. The Morgan fingerprint density at radius 3 is 2.24 bits per heavy atom. The van der Waals surface area contributed by atoms with Gasteiger partial charge in [-0.05, 0) is 37.1 Å². The Morgan fingerprint density at radius 2 is 1.67 bits per heavy atom. The van der Waals surface area contributed by atoms with Gasteiger partial charge in [0.25, 0.3) is 0 Å². The summed E-state index contributed by atoms with van der Waals surface area (Å²) in [6.07, 6.45) is 0.285. The molecular weight excluding hydrogens is 265 g/mol. The minimum atomic E-state index is -0.285. The molecule has 0 saturated heterocycles. The van der Waals surface area contributed by atoms with Gasteiger partial charge in [0.05, 0.1) is 12.5 Å². The number of benzene rings is 2. The number of carbonyl (C=O) groups is 1. The van der Waals surface area contributed by atoms with E-state index in [1.807, 2.05) is 38.1 Å². The molecule has 1 atom stereocenters. The van der Waals surface area contributed by atoms with Crippen molar-refractivity contribution in [2.75, 3.05) is 7.05 Å². The second-order valence-corrected chi connectivity index (χ2v) is 5.39. The van der Waals surface area contributed by atoms with E-state index in [0.717, 1.165) is 11.1 Å². The van der Waals surface area contributed by atoms with Gasteiger partial charge in [-0.3, -0.25) is 4.79 Å². The van der Waals surface area contributed by atoms with Crippen LogP contribution >= 0.6 is 0 Å². The van der Waals surface area contributed by atoms with Crippen molar-refractivity contribution in [1.29, 1.82) is 0 Å². The maximum atomic E-state index is 12.9. The monoisotopic (exact) mass is 285 g/mol. The molecule has 0 bridgehead atoms. The Hall–Kier alpha value is -2.16. The summed E-state index contributed by atoms with van der Waals surface area (Å²) in [5, 5.41) is 0. The molecule has 0 N–H and O–H groups in total. The van der Waals surface area contributed by atoms with Gasteiger partial charge in [0.1, 0.15) is 5.82 Å². The molecule has 2 aromatic carbocycles. The standard InChI is InChI=1S/C18H20FNO/c1-13-4-8-16(9-5-13)14(2)20(3)18(21)12-15-6-10-17(19)11-7-15/h4-11,14H,12H2,1-3H3. The van der Waals surface area contributed by atoms with Crippen LogP contribution in [0.5, 0.6) is 0 Å².